The molecule has 2 aromatic rings. The van der Waals surface area contributed by atoms with Gasteiger partial charge in [0.1, 0.15) is 4.33 Å². The summed E-state index contributed by atoms with van der Waals surface area (Å²) in [5.74, 6) is -1.83. The molecule has 0 aromatic carbocycles. The highest BCUT2D eigenvalue weighted by atomic mass is 79.9. The van der Waals surface area contributed by atoms with E-state index < -0.39 is 16.3 Å². The summed E-state index contributed by atoms with van der Waals surface area (Å²) in [5, 5.41) is 0. The fourth-order valence-electron chi connectivity index (χ4n) is 2.24. The Labute approximate surface area is 169 Å². The van der Waals surface area contributed by atoms with Crippen molar-refractivity contribution in [2.24, 2.45) is 11.8 Å². The zero-order valence-electron chi connectivity index (χ0n) is 12.3. The number of hydrogen-bond acceptors (Lipinski definition) is 6. The standard InChI is InChI=1S/C15H10Br2Cl2O6/c16-11-3-1-9(24-11)13(20)22-5-7-8(15(7,18)19)6-23-14(21)10-2-4-12(17)25-10/h1-4,7-8H,5-6H2. The molecule has 2 aromatic heterocycles. The highest BCUT2D eigenvalue weighted by Gasteiger charge is 2.64. The van der Waals surface area contributed by atoms with Gasteiger partial charge in [0, 0.05) is 11.8 Å². The first-order chi connectivity index (χ1) is 11.8. The topological polar surface area (TPSA) is 78.9 Å². The quantitative estimate of drug-likeness (QED) is 0.404. The Kier molecular flexibility index (Phi) is 5.53. The smallest absolute Gasteiger partial charge is 0.374 e. The summed E-state index contributed by atoms with van der Waals surface area (Å²) >= 11 is 18.5. The van der Waals surface area contributed by atoms with Crippen LogP contribution in [-0.2, 0) is 9.47 Å². The molecule has 0 saturated heterocycles. The molecule has 2 atom stereocenters. The van der Waals surface area contributed by atoms with Crippen LogP contribution in [0.3, 0.4) is 0 Å². The Balaban J connectivity index is 1.48. The fraction of sp³-hybridized carbons (Fsp3) is 0.333. The number of esters is 2. The molecule has 0 bridgehead atoms. The van der Waals surface area contributed by atoms with Gasteiger partial charge in [0.25, 0.3) is 0 Å². The van der Waals surface area contributed by atoms with Gasteiger partial charge in [-0.3, -0.25) is 0 Å². The molecule has 0 amide bonds. The van der Waals surface area contributed by atoms with Crippen molar-refractivity contribution in [3.63, 3.8) is 0 Å². The number of ether oxygens (including phenoxy) is 2. The molecule has 25 heavy (non-hydrogen) atoms. The SMILES string of the molecule is O=C(OCC1C(COC(=O)c2ccc(Br)o2)C1(Cl)Cl)c1ccc(Br)o1. The number of furan rings is 2. The average Bonchev–Trinajstić information content (AvgIpc) is 2.97. The van der Waals surface area contributed by atoms with Gasteiger partial charge in [0.15, 0.2) is 9.34 Å². The summed E-state index contributed by atoms with van der Waals surface area (Å²) in [6.45, 7) is -0.0304. The monoisotopic (exact) mass is 514 g/mol. The molecule has 2 unspecified atom stereocenters. The number of carbonyl (C=O) groups is 2. The van der Waals surface area contributed by atoms with Crippen LogP contribution in [0.1, 0.15) is 21.1 Å². The van der Waals surface area contributed by atoms with Gasteiger partial charge in [-0.05, 0) is 56.1 Å². The Bertz CT molecular complexity index is 735. The summed E-state index contributed by atoms with van der Waals surface area (Å²) in [6, 6.07) is 6.12. The lowest BCUT2D eigenvalue weighted by molar-refractivity contribution is 0.0382. The zero-order chi connectivity index (χ0) is 18.2. The Morgan fingerprint density at radius 3 is 1.64 bits per heavy atom. The van der Waals surface area contributed by atoms with Crippen LogP contribution >= 0.6 is 55.1 Å². The number of hydrogen-bond donors (Lipinski definition) is 0. The van der Waals surface area contributed by atoms with Gasteiger partial charge in [-0.15, -0.1) is 23.2 Å². The Morgan fingerprint density at radius 2 is 1.32 bits per heavy atom. The zero-order valence-corrected chi connectivity index (χ0v) is 17.0. The van der Waals surface area contributed by atoms with Crippen LogP contribution in [0.5, 0.6) is 0 Å². The first-order valence-corrected chi connectivity index (χ1v) is 9.36. The lowest BCUT2D eigenvalue weighted by atomic mass is 10.3. The van der Waals surface area contributed by atoms with Gasteiger partial charge < -0.3 is 18.3 Å². The van der Waals surface area contributed by atoms with E-state index in [1.807, 2.05) is 0 Å². The van der Waals surface area contributed by atoms with Crippen LogP contribution in [-0.4, -0.2) is 29.5 Å². The van der Waals surface area contributed by atoms with Crippen LogP contribution in [0.4, 0.5) is 0 Å². The number of alkyl halides is 2. The minimum atomic E-state index is -1.13. The maximum atomic E-state index is 11.8. The largest absolute Gasteiger partial charge is 0.459 e. The third-order valence-corrected chi connectivity index (χ3v) is 5.68. The average molecular weight is 517 g/mol. The summed E-state index contributed by atoms with van der Waals surface area (Å²) in [7, 11) is 0. The van der Waals surface area contributed by atoms with Crippen LogP contribution in [0.15, 0.2) is 42.4 Å². The maximum Gasteiger partial charge on any atom is 0.374 e. The molecule has 0 aliphatic heterocycles. The molecule has 1 aliphatic rings. The first-order valence-electron chi connectivity index (χ1n) is 7.01. The van der Waals surface area contributed by atoms with Gasteiger partial charge in [-0.2, -0.15) is 0 Å². The van der Waals surface area contributed by atoms with Crippen molar-refractivity contribution >= 4 is 67.0 Å². The molecule has 1 aliphatic carbocycles. The molecule has 6 nitrogen and oxygen atoms in total. The second-order valence-electron chi connectivity index (χ2n) is 5.29. The van der Waals surface area contributed by atoms with Crippen LogP contribution in [0.25, 0.3) is 0 Å². The van der Waals surface area contributed by atoms with Gasteiger partial charge in [0.05, 0.1) is 13.2 Å². The third-order valence-electron chi connectivity index (χ3n) is 3.70. The van der Waals surface area contributed by atoms with Crippen molar-refractivity contribution in [3.05, 3.63) is 45.1 Å². The molecule has 0 N–H and O–H groups in total. The van der Waals surface area contributed by atoms with Crippen molar-refractivity contribution in [2.75, 3.05) is 13.2 Å². The predicted molar refractivity (Wildman–Crippen MR) is 94.8 cm³/mol. The van der Waals surface area contributed by atoms with E-state index in [9.17, 15) is 9.59 Å². The molecular weight excluding hydrogens is 507 g/mol. The number of halogens is 4. The van der Waals surface area contributed by atoms with Crippen molar-refractivity contribution in [1.29, 1.82) is 0 Å². The number of rotatable bonds is 6. The van der Waals surface area contributed by atoms with E-state index in [1.165, 1.54) is 12.1 Å². The maximum absolute atomic E-state index is 11.8. The summed E-state index contributed by atoms with van der Waals surface area (Å²) < 4.78 is 20.2. The highest BCUT2D eigenvalue weighted by Crippen LogP contribution is 2.59. The molecule has 10 heteroatoms. The fourth-order valence-corrected chi connectivity index (χ4v) is 3.58. The summed E-state index contributed by atoms with van der Waals surface area (Å²) in [5.41, 5.74) is 0. The van der Waals surface area contributed by atoms with E-state index >= 15 is 0 Å². The normalized spacial score (nSPS) is 21.0. The minimum Gasteiger partial charge on any atom is -0.459 e. The molecule has 3 rings (SSSR count). The first kappa shape index (κ1) is 18.8. The lowest BCUT2D eigenvalue weighted by Gasteiger charge is -2.03. The van der Waals surface area contributed by atoms with E-state index in [2.05, 4.69) is 31.9 Å². The van der Waals surface area contributed by atoms with E-state index in [1.54, 1.807) is 12.1 Å². The molecule has 0 radical (unpaired) electrons. The van der Waals surface area contributed by atoms with Crippen molar-refractivity contribution in [3.8, 4) is 0 Å². The van der Waals surface area contributed by atoms with Gasteiger partial charge in [-0.25, -0.2) is 9.59 Å². The van der Waals surface area contributed by atoms with Crippen LogP contribution < -0.4 is 0 Å². The molecule has 1 fully saturated rings. The predicted octanol–water partition coefficient (Wildman–Crippen LogP) is 4.83. The molecule has 0 spiro atoms. The molecule has 1 saturated carbocycles. The molecular formula is C15H10Br2Cl2O6. The van der Waals surface area contributed by atoms with E-state index in [-0.39, 0.29) is 36.6 Å². The van der Waals surface area contributed by atoms with E-state index in [4.69, 9.17) is 41.5 Å². The molecule has 134 valence electrons. The van der Waals surface area contributed by atoms with E-state index in [0.29, 0.717) is 9.34 Å². The highest BCUT2D eigenvalue weighted by molar-refractivity contribution is 9.10. The van der Waals surface area contributed by atoms with Crippen molar-refractivity contribution < 1.29 is 27.9 Å². The second-order valence-corrected chi connectivity index (χ2v) is 8.30. The van der Waals surface area contributed by atoms with Crippen LogP contribution in [0, 0.1) is 11.8 Å². The van der Waals surface area contributed by atoms with Gasteiger partial charge in [-0.1, -0.05) is 0 Å². The molecule has 2 heterocycles. The minimum absolute atomic E-state index is 0.0152. The Morgan fingerprint density at radius 1 is 0.920 bits per heavy atom. The van der Waals surface area contributed by atoms with Gasteiger partial charge >= 0.3 is 11.9 Å². The van der Waals surface area contributed by atoms with Crippen LogP contribution in [0.2, 0.25) is 0 Å². The van der Waals surface area contributed by atoms with Gasteiger partial charge in [0.2, 0.25) is 11.5 Å². The van der Waals surface area contributed by atoms with E-state index in [0.717, 1.165) is 0 Å². The van der Waals surface area contributed by atoms with Crippen molar-refractivity contribution in [2.45, 2.75) is 4.33 Å². The summed E-state index contributed by atoms with van der Waals surface area (Å²) in [4.78, 5) is 23.7. The Hall–Kier alpha value is -0.960. The number of carbonyl (C=O) groups excluding carboxylic acids is 2. The third kappa shape index (κ3) is 4.24. The van der Waals surface area contributed by atoms with Crippen molar-refractivity contribution in [1.82, 2.24) is 0 Å². The second kappa shape index (κ2) is 7.34. The summed E-state index contributed by atoms with van der Waals surface area (Å²) in [6.07, 6.45) is 0. The lowest BCUT2D eigenvalue weighted by Crippen LogP contribution is -2.10.